The van der Waals surface area contributed by atoms with Crippen molar-refractivity contribution in [1.82, 2.24) is 14.9 Å². The monoisotopic (exact) mass is 245 g/mol. The van der Waals surface area contributed by atoms with Crippen LogP contribution in [-0.4, -0.2) is 27.5 Å². The Kier molecular flexibility index (Phi) is 2.47. The maximum absolute atomic E-state index is 11.6. The average molecular weight is 245 g/mol. The minimum absolute atomic E-state index is 0.248. The number of pyridine rings is 1. The van der Waals surface area contributed by atoms with Gasteiger partial charge in [-0.3, -0.25) is 14.9 Å². The second-order valence-electron chi connectivity index (χ2n) is 4.09. The van der Waals surface area contributed by atoms with E-state index in [-0.39, 0.29) is 11.8 Å². The maximum atomic E-state index is 11.6. The molecule has 1 aliphatic rings. The molecular weight excluding hydrogens is 234 g/mol. The highest BCUT2D eigenvalue weighted by molar-refractivity contribution is 6.00. The first-order chi connectivity index (χ1) is 8.74. The third-order valence-electron chi connectivity index (χ3n) is 2.86. The molecule has 0 saturated carbocycles. The summed E-state index contributed by atoms with van der Waals surface area (Å²) in [5.74, 6) is -0.0420. The topological polar surface area (TPSA) is 72.7 Å². The number of rotatable bonds is 2. The molecule has 2 amide bonds. The third kappa shape index (κ3) is 1.81. The van der Waals surface area contributed by atoms with Gasteiger partial charge in [0.1, 0.15) is 11.3 Å². The second-order valence-corrected chi connectivity index (χ2v) is 4.09. The van der Waals surface area contributed by atoms with E-state index in [4.69, 9.17) is 4.74 Å². The van der Waals surface area contributed by atoms with E-state index in [1.807, 2.05) is 0 Å². The summed E-state index contributed by atoms with van der Waals surface area (Å²) in [5.41, 5.74) is 0.794. The van der Waals surface area contributed by atoms with Gasteiger partial charge in [0.15, 0.2) is 6.10 Å². The van der Waals surface area contributed by atoms with Crippen LogP contribution in [0.3, 0.4) is 0 Å². The molecule has 2 aromatic heterocycles. The summed E-state index contributed by atoms with van der Waals surface area (Å²) in [5, 5.41) is 6.35. The summed E-state index contributed by atoms with van der Waals surface area (Å²) in [6, 6.07) is 5.38. The first-order valence-electron chi connectivity index (χ1n) is 5.67. The summed E-state index contributed by atoms with van der Waals surface area (Å²) in [7, 11) is 0. The number of hydrogen-bond donors (Lipinski definition) is 1. The van der Waals surface area contributed by atoms with Gasteiger partial charge in [0.05, 0.1) is 6.20 Å². The highest BCUT2D eigenvalue weighted by Crippen LogP contribution is 2.22. The predicted molar refractivity (Wildman–Crippen MR) is 62.0 cm³/mol. The molecule has 6 nitrogen and oxygen atoms in total. The second kappa shape index (κ2) is 4.14. The molecule has 6 heteroatoms. The smallest absolute Gasteiger partial charge is 0.267 e. The molecule has 1 atom stereocenters. The Hall–Kier alpha value is -2.37. The van der Waals surface area contributed by atoms with Crippen molar-refractivity contribution in [1.29, 1.82) is 0 Å². The van der Waals surface area contributed by atoms with E-state index >= 15 is 0 Å². The fourth-order valence-corrected chi connectivity index (χ4v) is 1.96. The number of nitrogens with zero attached hydrogens (tertiary/aromatic N) is 2. The molecule has 2 aromatic rings. The lowest BCUT2D eigenvalue weighted by Crippen LogP contribution is -2.46. The van der Waals surface area contributed by atoms with Crippen molar-refractivity contribution in [3.05, 3.63) is 30.6 Å². The number of imide groups is 1. The lowest BCUT2D eigenvalue weighted by atomic mass is 10.1. The van der Waals surface area contributed by atoms with Crippen molar-refractivity contribution < 1.29 is 14.3 Å². The molecule has 0 spiro atoms. The highest BCUT2D eigenvalue weighted by atomic mass is 16.5. The zero-order chi connectivity index (χ0) is 12.5. The number of nitrogens with one attached hydrogen (secondary N) is 1. The molecular formula is C12H11N3O3. The van der Waals surface area contributed by atoms with Crippen molar-refractivity contribution in [3.63, 3.8) is 0 Å². The number of aromatic nitrogens is 2. The number of ether oxygens (including phenoxy) is 1. The normalized spacial score (nSPS) is 19.9. The third-order valence-corrected chi connectivity index (χ3v) is 2.86. The van der Waals surface area contributed by atoms with E-state index in [1.54, 1.807) is 35.1 Å². The van der Waals surface area contributed by atoms with Gasteiger partial charge < -0.3 is 4.74 Å². The summed E-state index contributed by atoms with van der Waals surface area (Å²) in [6.07, 6.45) is 3.54. The number of amides is 2. The van der Waals surface area contributed by atoms with Gasteiger partial charge >= 0.3 is 0 Å². The van der Waals surface area contributed by atoms with Crippen LogP contribution in [0.5, 0.6) is 5.75 Å². The van der Waals surface area contributed by atoms with E-state index in [2.05, 4.69) is 10.4 Å². The Morgan fingerprint density at radius 1 is 1.39 bits per heavy atom. The molecule has 1 N–H and O–H groups in total. The molecule has 1 fully saturated rings. The first kappa shape index (κ1) is 10.8. The van der Waals surface area contributed by atoms with Crippen molar-refractivity contribution in [2.45, 2.75) is 18.9 Å². The van der Waals surface area contributed by atoms with E-state index in [9.17, 15) is 9.59 Å². The van der Waals surface area contributed by atoms with Crippen molar-refractivity contribution >= 4 is 17.3 Å². The van der Waals surface area contributed by atoms with Gasteiger partial charge in [-0.15, -0.1) is 0 Å². The fraction of sp³-hybridized carbons (Fsp3) is 0.250. The summed E-state index contributed by atoms with van der Waals surface area (Å²) < 4.78 is 7.33. The summed E-state index contributed by atoms with van der Waals surface area (Å²) in [6.45, 7) is 0. The predicted octanol–water partition coefficient (Wildman–Crippen LogP) is 0.518. The van der Waals surface area contributed by atoms with Crippen LogP contribution in [0.4, 0.5) is 0 Å². The van der Waals surface area contributed by atoms with Gasteiger partial charge in [0.2, 0.25) is 5.91 Å². The summed E-state index contributed by atoms with van der Waals surface area (Å²) >= 11 is 0. The molecule has 0 aliphatic carbocycles. The van der Waals surface area contributed by atoms with Gasteiger partial charge in [-0.2, -0.15) is 5.10 Å². The van der Waals surface area contributed by atoms with Crippen LogP contribution in [0.2, 0.25) is 0 Å². The maximum Gasteiger partial charge on any atom is 0.267 e. The molecule has 1 saturated heterocycles. The SMILES string of the molecule is O=C1CCC(Oc2cccn3nccc23)C(=O)N1. The fourth-order valence-electron chi connectivity index (χ4n) is 1.96. The van der Waals surface area contributed by atoms with Gasteiger partial charge in [0.25, 0.3) is 5.91 Å². The quantitative estimate of drug-likeness (QED) is 0.783. The number of piperidine rings is 1. The van der Waals surface area contributed by atoms with Crippen LogP contribution < -0.4 is 10.1 Å². The lowest BCUT2D eigenvalue weighted by molar-refractivity contribution is -0.138. The Bertz CT molecular complexity index is 620. The Morgan fingerprint density at radius 3 is 3.11 bits per heavy atom. The molecule has 92 valence electrons. The van der Waals surface area contributed by atoms with Crippen molar-refractivity contribution in [2.24, 2.45) is 0 Å². The van der Waals surface area contributed by atoms with E-state index in [0.29, 0.717) is 18.6 Å². The van der Waals surface area contributed by atoms with Crippen LogP contribution in [0, 0.1) is 0 Å². The zero-order valence-electron chi connectivity index (χ0n) is 9.50. The first-order valence-corrected chi connectivity index (χ1v) is 5.67. The molecule has 0 bridgehead atoms. The largest absolute Gasteiger partial charge is 0.478 e. The van der Waals surface area contributed by atoms with Crippen LogP contribution in [-0.2, 0) is 9.59 Å². The number of fused-ring (bicyclic) bond motifs is 1. The molecule has 3 heterocycles. The molecule has 0 radical (unpaired) electrons. The van der Waals surface area contributed by atoms with Crippen LogP contribution in [0.25, 0.3) is 5.52 Å². The van der Waals surface area contributed by atoms with E-state index < -0.39 is 6.10 Å². The number of hydrogen-bond acceptors (Lipinski definition) is 4. The Labute approximate surface area is 103 Å². The van der Waals surface area contributed by atoms with Crippen LogP contribution in [0.15, 0.2) is 30.6 Å². The molecule has 1 unspecified atom stereocenters. The number of carbonyl (C=O) groups is 2. The van der Waals surface area contributed by atoms with E-state index in [0.717, 1.165) is 5.52 Å². The molecule has 0 aromatic carbocycles. The van der Waals surface area contributed by atoms with Gasteiger partial charge in [-0.05, 0) is 18.2 Å². The lowest BCUT2D eigenvalue weighted by Gasteiger charge is -2.22. The molecule has 1 aliphatic heterocycles. The van der Waals surface area contributed by atoms with Crippen molar-refractivity contribution in [3.8, 4) is 5.75 Å². The zero-order valence-corrected chi connectivity index (χ0v) is 9.50. The number of carbonyl (C=O) groups excluding carboxylic acids is 2. The molecule has 18 heavy (non-hydrogen) atoms. The summed E-state index contributed by atoms with van der Waals surface area (Å²) in [4.78, 5) is 22.6. The van der Waals surface area contributed by atoms with Gasteiger partial charge in [-0.25, -0.2) is 4.52 Å². The van der Waals surface area contributed by atoms with Crippen molar-refractivity contribution in [2.75, 3.05) is 0 Å². The van der Waals surface area contributed by atoms with Crippen LogP contribution in [0.1, 0.15) is 12.8 Å². The minimum atomic E-state index is -0.621. The van der Waals surface area contributed by atoms with Gasteiger partial charge in [-0.1, -0.05) is 0 Å². The van der Waals surface area contributed by atoms with E-state index in [1.165, 1.54) is 0 Å². The Balaban J connectivity index is 1.86. The Morgan fingerprint density at radius 2 is 2.28 bits per heavy atom. The average Bonchev–Trinajstić information content (AvgIpc) is 2.82. The molecule has 3 rings (SSSR count). The van der Waals surface area contributed by atoms with Crippen LogP contribution >= 0.6 is 0 Å². The highest BCUT2D eigenvalue weighted by Gasteiger charge is 2.28. The minimum Gasteiger partial charge on any atom is -0.478 e. The van der Waals surface area contributed by atoms with Gasteiger partial charge in [0, 0.05) is 19.0 Å². The standard InChI is InChI=1S/C12H11N3O3/c16-11-4-3-10(12(17)14-11)18-9-2-1-7-15-8(9)5-6-13-15/h1-2,5-7,10H,3-4H2,(H,14,16,17).